The van der Waals surface area contributed by atoms with E-state index in [-0.39, 0.29) is 12.5 Å². The highest BCUT2D eigenvalue weighted by Crippen LogP contribution is 2.23. The summed E-state index contributed by atoms with van der Waals surface area (Å²) < 4.78 is 35.7. The van der Waals surface area contributed by atoms with Crippen molar-refractivity contribution >= 4 is 11.8 Å². The van der Waals surface area contributed by atoms with Crippen molar-refractivity contribution in [3.63, 3.8) is 0 Å². The van der Waals surface area contributed by atoms with E-state index in [9.17, 15) is 13.2 Å². The Morgan fingerprint density at radius 1 is 1.36 bits per heavy atom. The molecule has 0 saturated carbocycles. The second-order valence-corrected chi connectivity index (χ2v) is 4.36. The fourth-order valence-electron chi connectivity index (χ4n) is 1.02. The Balaban J connectivity index is 3.58. The Bertz CT molecular complexity index is 139. The van der Waals surface area contributed by atoms with Gasteiger partial charge in [-0.05, 0) is 25.6 Å². The number of thioether (sulfide) groups is 1. The van der Waals surface area contributed by atoms with E-state index in [2.05, 4.69) is 12.2 Å². The maximum Gasteiger partial charge on any atom is 0.389 e. The maximum atomic E-state index is 11.9. The molecular formula is C9H18F3NS. The van der Waals surface area contributed by atoms with Gasteiger partial charge in [-0.1, -0.05) is 6.92 Å². The molecule has 0 aliphatic rings. The average molecular weight is 229 g/mol. The normalized spacial score (nSPS) is 14.4. The molecule has 0 radical (unpaired) electrons. The highest BCUT2D eigenvalue weighted by Gasteiger charge is 2.27. The summed E-state index contributed by atoms with van der Waals surface area (Å²) in [6.07, 6.45) is -3.47. The van der Waals surface area contributed by atoms with E-state index in [0.717, 1.165) is 17.9 Å². The summed E-state index contributed by atoms with van der Waals surface area (Å²) in [4.78, 5) is 0. The smallest absolute Gasteiger partial charge is 0.316 e. The molecule has 1 nitrogen and oxygen atoms in total. The third-order valence-electron chi connectivity index (χ3n) is 1.85. The minimum absolute atomic E-state index is 0.0202. The van der Waals surface area contributed by atoms with Crippen LogP contribution in [0.15, 0.2) is 0 Å². The molecule has 0 aromatic rings. The maximum absolute atomic E-state index is 11.9. The van der Waals surface area contributed by atoms with E-state index < -0.39 is 12.6 Å². The van der Waals surface area contributed by atoms with Crippen LogP contribution in [-0.4, -0.2) is 30.8 Å². The zero-order valence-electron chi connectivity index (χ0n) is 8.66. The van der Waals surface area contributed by atoms with Gasteiger partial charge in [-0.15, -0.1) is 0 Å². The Hall–Kier alpha value is 0.1000. The van der Waals surface area contributed by atoms with Gasteiger partial charge in [0.15, 0.2) is 0 Å². The molecule has 0 fully saturated rings. The molecule has 0 saturated heterocycles. The van der Waals surface area contributed by atoms with Gasteiger partial charge in [-0.3, -0.25) is 0 Å². The first-order valence-electron chi connectivity index (χ1n) is 4.81. The molecule has 0 rings (SSSR count). The Labute approximate surface area is 87.8 Å². The molecule has 0 aromatic carbocycles. The zero-order valence-corrected chi connectivity index (χ0v) is 9.47. The minimum Gasteiger partial charge on any atom is -0.316 e. The van der Waals surface area contributed by atoms with Gasteiger partial charge in [0.2, 0.25) is 0 Å². The lowest BCUT2D eigenvalue weighted by molar-refractivity contribution is -0.136. The van der Waals surface area contributed by atoms with Gasteiger partial charge in [0.25, 0.3) is 0 Å². The third kappa shape index (κ3) is 8.69. The highest BCUT2D eigenvalue weighted by molar-refractivity contribution is 7.99. The Morgan fingerprint density at radius 3 is 2.43 bits per heavy atom. The molecule has 0 aromatic heterocycles. The molecule has 14 heavy (non-hydrogen) atoms. The van der Waals surface area contributed by atoms with Crippen LogP contribution < -0.4 is 5.32 Å². The van der Waals surface area contributed by atoms with Crippen LogP contribution in [0.25, 0.3) is 0 Å². The number of nitrogens with one attached hydrogen (secondary N) is 1. The quantitative estimate of drug-likeness (QED) is 0.673. The molecule has 5 heteroatoms. The molecule has 0 aliphatic heterocycles. The van der Waals surface area contributed by atoms with Gasteiger partial charge in [-0.2, -0.15) is 24.9 Å². The van der Waals surface area contributed by atoms with Crippen molar-refractivity contribution in [3.05, 3.63) is 0 Å². The lowest BCUT2D eigenvalue weighted by atomic mass is 10.2. The van der Waals surface area contributed by atoms with Crippen LogP contribution in [-0.2, 0) is 0 Å². The monoisotopic (exact) mass is 229 g/mol. The first-order chi connectivity index (χ1) is 6.49. The lowest BCUT2D eigenvalue weighted by Gasteiger charge is -2.16. The van der Waals surface area contributed by atoms with Crippen LogP contribution in [0.5, 0.6) is 0 Å². The molecular weight excluding hydrogens is 211 g/mol. The van der Waals surface area contributed by atoms with Gasteiger partial charge >= 0.3 is 6.18 Å². The van der Waals surface area contributed by atoms with Crippen LogP contribution in [0.3, 0.4) is 0 Å². The molecule has 1 unspecified atom stereocenters. The Morgan fingerprint density at radius 2 is 2.00 bits per heavy atom. The molecule has 1 N–H and O–H groups in total. The summed E-state index contributed by atoms with van der Waals surface area (Å²) >= 11 is 1.71. The van der Waals surface area contributed by atoms with Gasteiger partial charge in [0.05, 0.1) is 0 Å². The van der Waals surface area contributed by atoms with Gasteiger partial charge in [0, 0.05) is 18.2 Å². The topological polar surface area (TPSA) is 12.0 Å². The summed E-state index contributed by atoms with van der Waals surface area (Å²) in [5, 5.41) is 2.91. The average Bonchev–Trinajstić information content (AvgIpc) is 2.09. The fraction of sp³-hybridized carbons (Fsp3) is 1.00. The zero-order chi connectivity index (χ0) is 11.0. The minimum atomic E-state index is -4.02. The first-order valence-corrected chi connectivity index (χ1v) is 5.96. The first kappa shape index (κ1) is 14.1. The van der Waals surface area contributed by atoms with Gasteiger partial charge < -0.3 is 5.32 Å². The number of halogens is 3. The number of rotatable bonds is 7. The van der Waals surface area contributed by atoms with E-state index in [1.54, 1.807) is 18.8 Å². The standard InChI is InChI=1S/C9H18F3NS/c1-3-6-14-7-8(13-2)4-5-9(10,11)12/h8,13H,3-7H2,1-2H3. The lowest BCUT2D eigenvalue weighted by Crippen LogP contribution is -2.29. The van der Waals surface area contributed by atoms with Crippen LogP contribution in [0.2, 0.25) is 0 Å². The number of hydrogen-bond acceptors (Lipinski definition) is 2. The summed E-state index contributed by atoms with van der Waals surface area (Å²) in [6, 6.07) is -0.0202. The molecule has 0 heterocycles. The molecule has 0 bridgehead atoms. The number of alkyl halides is 3. The van der Waals surface area contributed by atoms with E-state index >= 15 is 0 Å². The van der Waals surface area contributed by atoms with Crippen molar-refractivity contribution in [2.24, 2.45) is 0 Å². The summed E-state index contributed by atoms with van der Waals surface area (Å²) in [5.74, 6) is 1.78. The highest BCUT2D eigenvalue weighted by atomic mass is 32.2. The second kappa shape index (κ2) is 7.40. The fourth-order valence-corrected chi connectivity index (χ4v) is 2.09. The SMILES string of the molecule is CCCSCC(CCC(F)(F)F)NC. The summed E-state index contributed by atoms with van der Waals surface area (Å²) in [7, 11) is 1.72. The second-order valence-electron chi connectivity index (χ2n) is 3.21. The molecule has 1 atom stereocenters. The largest absolute Gasteiger partial charge is 0.389 e. The summed E-state index contributed by atoms with van der Waals surface area (Å²) in [5.41, 5.74) is 0. The molecule has 0 amide bonds. The molecule has 86 valence electrons. The van der Waals surface area contributed by atoms with Gasteiger partial charge in [-0.25, -0.2) is 0 Å². The van der Waals surface area contributed by atoms with Crippen LogP contribution in [0.1, 0.15) is 26.2 Å². The van der Waals surface area contributed by atoms with Crippen molar-refractivity contribution in [2.45, 2.75) is 38.4 Å². The van der Waals surface area contributed by atoms with Crippen LogP contribution >= 0.6 is 11.8 Å². The van der Waals surface area contributed by atoms with E-state index in [4.69, 9.17) is 0 Å². The van der Waals surface area contributed by atoms with E-state index in [0.29, 0.717) is 0 Å². The summed E-state index contributed by atoms with van der Waals surface area (Å²) in [6.45, 7) is 2.07. The molecule has 0 aliphatic carbocycles. The third-order valence-corrected chi connectivity index (χ3v) is 3.19. The van der Waals surface area contributed by atoms with Crippen molar-refractivity contribution in [2.75, 3.05) is 18.6 Å². The Kier molecular flexibility index (Phi) is 7.45. The van der Waals surface area contributed by atoms with Crippen LogP contribution in [0.4, 0.5) is 13.2 Å². The predicted molar refractivity (Wildman–Crippen MR) is 55.8 cm³/mol. The predicted octanol–water partition coefficient (Wildman–Crippen LogP) is 3.06. The van der Waals surface area contributed by atoms with Crippen molar-refractivity contribution in [1.82, 2.24) is 5.32 Å². The van der Waals surface area contributed by atoms with E-state index in [1.807, 2.05) is 0 Å². The van der Waals surface area contributed by atoms with Gasteiger partial charge in [0.1, 0.15) is 0 Å². The van der Waals surface area contributed by atoms with Crippen molar-refractivity contribution in [3.8, 4) is 0 Å². The van der Waals surface area contributed by atoms with Crippen molar-refractivity contribution in [1.29, 1.82) is 0 Å². The van der Waals surface area contributed by atoms with Crippen LogP contribution in [0, 0.1) is 0 Å². The van der Waals surface area contributed by atoms with E-state index in [1.165, 1.54) is 0 Å². The van der Waals surface area contributed by atoms with Crippen molar-refractivity contribution < 1.29 is 13.2 Å². The molecule has 0 spiro atoms. The number of hydrogen-bond donors (Lipinski definition) is 1.